The van der Waals surface area contributed by atoms with Crippen LogP contribution in [0.5, 0.6) is 0 Å². The molecule has 31 heavy (non-hydrogen) atoms. The van der Waals surface area contributed by atoms with Crippen molar-refractivity contribution in [1.82, 2.24) is 15.5 Å². The van der Waals surface area contributed by atoms with Crippen LogP contribution in [0.3, 0.4) is 0 Å². The number of nitrogens with one attached hydrogen (secondary N) is 2. The van der Waals surface area contributed by atoms with Crippen molar-refractivity contribution >= 4 is 29.9 Å². The van der Waals surface area contributed by atoms with E-state index in [1.165, 1.54) is 32.1 Å². The van der Waals surface area contributed by atoms with Crippen molar-refractivity contribution in [1.29, 1.82) is 0 Å². The van der Waals surface area contributed by atoms with Crippen molar-refractivity contribution in [3.05, 3.63) is 24.2 Å². The van der Waals surface area contributed by atoms with E-state index in [1.54, 1.807) is 6.26 Å². The smallest absolute Gasteiger partial charge is 0.191 e. The standard InChI is InChI=1S/C23H40N4O3.HI/c28-16-10-23(8-2-1-3-9-23)20-26-22(25-12-7-21-6-4-17-30-21)24-11-5-13-27-14-18-29-19-15-27;/h4,6,17,28H,1-3,5,7-16,18-20H2,(H2,24,25,26);1H. The second-order valence-corrected chi connectivity index (χ2v) is 8.69. The fraction of sp³-hybridized carbons (Fsp3) is 0.783. The summed E-state index contributed by atoms with van der Waals surface area (Å²) in [5, 5.41) is 16.6. The number of guanidine groups is 1. The first-order chi connectivity index (χ1) is 14.8. The quantitative estimate of drug-likeness (QED) is 0.171. The van der Waals surface area contributed by atoms with Gasteiger partial charge in [0, 0.05) is 45.8 Å². The molecule has 1 aliphatic heterocycles. The van der Waals surface area contributed by atoms with Gasteiger partial charge in [-0.1, -0.05) is 19.3 Å². The lowest BCUT2D eigenvalue weighted by molar-refractivity contribution is 0.0376. The van der Waals surface area contributed by atoms with Gasteiger partial charge in [-0.15, -0.1) is 24.0 Å². The number of aliphatic hydroxyl groups excluding tert-OH is 1. The fourth-order valence-corrected chi connectivity index (χ4v) is 4.54. The monoisotopic (exact) mass is 548 g/mol. The van der Waals surface area contributed by atoms with Crippen LogP contribution < -0.4 is 10.6 Å². The number of furan rings is 1. The highest BCUT2D eigenvalue weighted by Gasteiger charge is 2.31. The van der Waals surface area contributed by atoms with Crippen molar-refractivity contribution in [2.45, 2.75) is 51.4 Å². The Labute approximate surface area is 204 Å². The van der Waals surface area contributed by atoms with Crippen molar-refractivity contribution in [2.24, 2.45) is 10.4 Å². The van der Waals surface area contributed by atoms with E-state index in [0.717, 1.165) is 83.5 Å². The lowest BCUT2D eigenvalue weighted by atomic mass is 9.72. The molecule has 7 nitrogen and oxygen atoms in total. The van der Waals surface area contributed by atoms with E-state index in [9.17, 15) is 5.11 Å². The Morgan fingerprint density at radius 1 is 1.13 bits per heavy atom. The maximum Gasteiger partial charge on any atom is 0.191 e. The van der Waals surface area contributed by atoms with E-state index < -0.39 is 0 Å². The average Bonchev–Trinajstić information content (AvgIpc) is 3.30. The predicted molar refractivity (Wildman–Crippen MR) is 135 cm³/mol. The summed E-state index contributed by atoms with van der Waals surface area (Å²) < 4.78 is 10.9. The summed E-state index contributed by atoms with van der Waals surface area (Å²) in [7, 11) is 0. The van der Waals surface area contributed by atoms with Gasteiger partial charge >= 0.3 is 0 Å². The number of aliphatic imine (C=N–C) groups is 1. The highest BCUT2D eigenvalue weighted by Crippen LogP contribution is 2.39. The second kappa shape index (κ2) is 15.1. The molecule has 1 aromatic rings. The third-order valence-electron chi connectivity index (χ3n) is 6.42. The number of ether oxygens (including phenoxy) is 1. The van der Waals surface area contributed by atoms with E-state index in [1.807, 2.05) is 12.1 Å². The van der Waals surface area contributed by atoms with Crippen molar-refractivity contribution in [2.75, 3.05) is 59.1 Å². The zero-order chi connectivity index (χ0) is 20.9. The molecule has 0 atom stereocenters. The molecular weight excluding hydrogens is 507 g/mol. The topological polar surface area (TPSA) is 82.3 Å². The Morgan fingerprint density at radius 2 is 1.90 bits per heavy atom. The van der Waals surface area contributed by atoms with Crippen LogP contribution in [0.2, 0.25) is 0 Å². The van der Waals surface area contributed by atoms with E-state index in [4.69, 9.17) is 14.1 Å². The summed E-state index contributed by atoms with van der Waals surface area (Å²) in [6.07, 6.45) is 10.7. The largest absolute Gasteiger partial charge is 0.469 e. The summed E-state index contributed by atoms with van der Waals surface area (Å²) in [6, 6.07) is 3.93. The van der Waals surface area contributed by atoms with Crippen molar-refractivity contribution in [3.8, 4) is 0 Å². The molecule has 0 bridgehead atoms. The van der Waals surface area contributed by atoms with E-state index in [0.29, 0.717) is 0 Å². The van der Waals surface area contributed by atoms with Gasteiger partial charge in [-0.2, -0.15) is 0 Å². The molecule has 3 N–H and O–H groups in total. The summed E-state index contributed by atoms with van der Waals surface area (Å²) >= 11 is 0. The van der Waals surface area contributed by atoms with Gasteiger partial charge in [0.25, 0.3) is 0 Å². The normalized spacial score (nSPS) is 19.6. The Kier molecular flexibility index (Phi) is 12.8. The number of nitrogens with zero attached hydrogens (tertiary/aromatic N) is 2. The van der Waals surface area contributed by atoms with E-state index >= 15 is 0 Å². The molecule has 0 radical (unpaired) electrons. The number of aliphatic hydroxyl groups is 1. The molecule has 178 valence electrons. The summed E-state index contributed by atoms with van der Waals surface area (Å²) in [6.45, 7) is 7.58. The van der Waals surface area contributed by atoms with Gasteiger partial charge in [0.2, 0.25) is 0 Å². The first-order valence-corrected chi connectivity index (χ1v) is 11.8. The molecular formula is C23H41IN4O3. The molecule has 2 heterocycles. The first-order valence-electron chi connectivity index (χ1n) is 11.8. The average molecular weight is 549 g/mol. The van der Waals surface area contributed by atoms with Crippen LogP contribution in [0, 0.1) is 5.41 Å². The predicted octanol–water partition coefficient (Wildman–Crippen LogP) is 3.03. The molecule has 0 spiro atoms. The van der Waals surface area contributed by atoms with Gasteiger partial charge in [0.15, 0.2) is 5.96 Å². The van der Waals surface area contributed by atoms with Crippen LogP contribution in [0.15, 0.2) is 27.8 Å². The third kappa shape index (κ3) is 9.67. The van der Waals surface area contributed by atoms with E-state index in [-0.39, 0.29) is 36.0 Å². The molecule has 0 unspecified atom stereocenters. The molecule has 0 aromatic carbocycles. The molecule has 1 saturated carbocycles. The minimum atomic E-state index is 0. The SMILES string of the molecule is I.OCCC1(CN=C(NCCCN2CCOCC2)NCCc2ccco2)CCCCC1. The molecule has 1 aliphatic carbocycles. The number of hydrogen-bond donors (Lipinski definition) is 3. The van der Waals surface area contributed by atoms with Gasteiger partial charge in [0.05, 0.1) is 19.5 Å². The van der Waals surface area contributed by atoms with Crippen molar-refractivity contribution in [3.63, 3.8) is 0 Å². The van der Waals surface area contributed by atoms with Crippen LogP contribution in [-0.4, -0.2) is 75.1 Å². The molecule has 2 fully saturated rings. The van der Waals surface area contributed by atoms with Crippen LogP contribution in [0.4, 0.5) is 0 Å². The van der Waals surface area contributed by atoms with Gasteiger partial charge < -0.3 is 24.9 Å². The van der Waals surface area contributed by atoms with Gasteiger partial charge in [-0.05, 0) is 49.8 Å². The van der Waals surface area contributed by atoms with Crippen molar-refractivity contribution < 1.29 is 14.3 Å². The molecule has 0 amide bonds. The van der Waals surface area contributed by atoms with Gasteiger partial charge in [-0.3, -0.25) is 9.89 Å². The number of morpholine rings is 1. The summed E-state index contributed by atoms with van der Waals surface area (Å²) in [5.74, 6) is 1.87. The van der Waals surface area contributed by atoms with Crippen LogP contribution in [-0.2, 0) is 11.2 Å². The van der Waals surface area contributed by atoms with Gasteiger partial charge in [0.1, 0.15) is 5.76 Å². The number of halogens is 1. The first kappa shape index (κ1) is 26.4. The lowest BCUT2D eigenvalue weighted by Crippen LogP contribution is -2.42. The fourth-order valence-electron chi connectivity index (χ4n) is 4.54. The minimum absolute atomic E-state index is 0. The third-order valence-corrected chi connectivity index (χ3v) is 6.42. The minimum Gasteiger partial charge on any atom is -0.469 e. The molecule has 2 aliphatic rings. The van der Waals surface area contributed by atoms with Crippen LogP contribution in [0.1, 0.15) is 50.7 Å². The molecule has 8 heteroatoms. The highest BCUT2D eigenvalue weighted by molar-refractivity contribution is 14.0. The Balaban J connectivity index is 0.00000341. The van der Waals surface area contributed by atoms with E-state index in [2.05, 4.69) is 15.5 Å². The summed E-state index contributed by atoms with van der Waals surface area (Å²) in [5.41, 5.74) is 0.163. The second-order valence-electron chi connectivity index (χ2n) is 8.69. The molecule has 1 saturated heterocycles. The highest BCUT2D eigenvalue weighted by atomic mass is 127. The zero-order valence-electron chi connectivity index (χ0n) is 18.8. The Morgan fingerprint density at radius 3 is 2.61 bits per heavy atom. The Bertz CT molecular complexity index is 594. The molecule has 3 rings (SSSR count). The maximum absolute atomic E-state index is 9.59. The van der Waals surface area contributed by atoms with Crippen LogP contribution >= 0.6 is 24.0 Å². The molecule has 1 aromatic heterocycles. The zero-order valence-corrected chi connectivity index (χ0v) is 21.1. The lowest BCUT2D eigenvalue weighted by Gasteiger charge is -2.35. The van der Waals surface area contributed by atoms with Gasteiger partial charge in [-0.25, -0.2) is 0 Å². The summed E-state index contributed by atoms with van der Waals surface area (Å²) in [4.78, 5) is 7.42. The number of hydrogen-bond acceptors (Lipinski definition) is 5. The maximum atomic E-state index is 9.59. The Hall–Kier alpha value is -0.840. The number of rotatable bonds is 11. The van der Waals surface area contributed by atoms with Crippen LogP contribution in [0.25, 0.3) is 0 Å².